The second kappa shape index (κ2) is 6.50. The molecule has 0 aliphatic carbocycles. The van der Waals surface area contributed by atoms with Crippen LogP contribution in [0, 0.1) is 6.92 Å². The molecule has 4 aromatic rings. The van der Waals surface area contributed by atoms with Crippen LogP contribution in [-0.2, 0) is 0 Å². The second-order valence-corrected chi connectivity index (χ2v) is 7.24. The van der Waals surface area contributed by atoms with Crippen molar-refractivity contribution in [2.75, 3.05) is 5.32 Å². The van der Waals surface area contributed by atoms with Gasteiger partial charge >= 0.3 is 0 Å². The first-order valence-corrected chi connectivity index (χ1v) is 9.01. The Bertz CT molecular complexity index is 1150. The quantitative estimate of drug-likeness (QED) is 0.558. The van der Waals surface area contributed by atoms with Crippen molar-refractivity contribution in [3.05, 3.63) is 57.2 Å². The van der Waals surface area contributed by atoms with E-state index in [1.165, 1.54) is 11.3 Å². The first-order chi connectivity index (χ1) is 12.5. The van der Waals surface area contributed by atoms with Crippen LogP contribution in [0.15, 0.2) is 35.3 Å². The molecule has 0 bridgehead atoms. The molecule has 8 nitrogen and oxygen atoms in total. The minimum absolute atomic E-state index is 0.145. The Morgan fingerprint density at radius 2 is 2.19 bits per heavy atom. The smallest absolute Gasteiger partial charge is 0.253 e. The van der Waals surface area contributed by atoms with Crippen LogP contribution in [0.3, 0.4) is 0 Å². The molecule has 0 radical (unpaired) electrons. The van der Waals surface area contributed by atoms with Gasteiger partial charge in [0.25, 0.3) is 5.56 Å². The van der Waals surface area contributed by atoms with Crippen molar-refractivity contribution < 1.29 is 0 Å². The molecule has 0 unspecified atom stereocenters. The molecule has 26 heavy (non-hydrogen) atoms. The fraction of sp³-hybridized carbons (Fsp3) is 0.188. The van der Waals surface area contributed by atoms with Crippen molar-refractivity contribution in [3.63, 3.8) is 0 Å². The lowest BCUT2D eigenvalue weighted by Crippen LogP contribution is -2.19. The molecule has 0 saturated heterocycles. The third kappa shape index (κ3) is 3.06. The normalized spacial score (nSPS) is 12.4. The third-order valence-corrected chi connectivity index (χ3v) is 5.11. The number of tetrazole rings is 1. The van der Waals surface area contributed by atoms with Gasteiger partial charge < -0.3 is 10.3 Å². The number of thiazole rings is 1. The monoisotopic (exact) mass is 387 g/mol. The number of anilines is 1. The van der Waals surface area contributed by atoms with Gasteiger partial charge in [-0.05, 0) is 48.5 Å². The summed E-state index contributed by atoms with van der Waals surface area (Å²) in [7, 11) is 0. The van der Waals surface area contributed by atoms with Crippen LogP contribution in [0.4, 0.5) is 5.13 Å². The molecule has 132 valence electrons. The van der Waals surface area contributed by atoms with Gasteiger partial charge in [0.1, 0.15) is 5.00 Å². The number of H-pyrrole nitrogens is 1. The minimum Gasteiger partial charge on any atom is -0.355 e. The number of pyridine rings is 1. The summed E-state index contributed by atoms with van der Waals surface area (Å²) in [5.41, 5.74) is 1.21. The van der Waals surface area contributed by atoms with E-state index in [1.54, 1.807) is 23.0 Å². The van der Waals surface area contributed by atoms with Crippen LogP contribution in [-0.4, -0.2) is 30.2 Å². The molecule has 2 N–H and O–H groups in total. The van der Waals surface area contributed by atoms with Gasteiger partial charge in [-0.25, -0.2) is 4.98 Å². The molecule has 0 spiro atoms. The van der Waals surface area contributed by atoms with E-state index in [4.69, 9.17) is 11.6 Å². The van der Waals surface area contributed by atoms with Crippen LogP contribution in [0.1, 0.15) is 24.4 Å². The Morgan fingerprint density at radius 1 is 1.35 bits per heavy atom. The molecule has 3 aromatic heterocycles. The number of nitrogens with zero attached hydrogens (tertiary/aromatic N) is 5. The number of aromatic nitrogens is 6. The van der Waals surface area contributed by atoms with E-state index in [1.807, 2.05) is 26.0 Å². The lowest BCUT2D eigenvalue weighted by molar-refractivity contribution is 0.788. The summed E-state index contributed by atoms with van der Waals surface area (Å²) in [4.78, 5) is 19.6. The van der Waals surface area contributed by atoms with E-state index < -0.39 is 0 Å². The highest BCUT2D eigenvalue weighted by Crippen LogP contribution is 2.26. The van der Waals surface area contributed by atoms with Gasteiger partial charge in [-0.15, -0.1) is 5.10 Å². The Balaban J connectivity index is 1.62. The molecule has 1 aromatic carbocycles. The Morgan fingerprint density at radius 3 is 2.96 bits per heavy atom. The van der Waals surface area contributed by atoms with Crippen LogP contribution in [0.25, 0.3) is 15.9 Å². The summed E-state index contributed by atoms with van der Waals surface area (Å²) < 4.78 is 1.61. The number of fused-ring (bicyclic) bond motifs is 1. The lowest BCUT2D eigenvalue weighted by atomic mass is 10.1. The molecule has 0 aliphatic rings. The standard InChI is InChI=1S/C16H14ClN7OS/c1-8(12-6-10-5-11(17)3-4-13(10)20-15(12)25)19-16-18-7-14(26-16)24-9(2)21-22-23-24/h3-8H,1-2H3,(H,18,19)(H,20,25)/t8-/m1/s1. The van der Waals surface area contributed by atoms with Crippen LogP contribution < -0.4 is 10.9 Å². The van der Waals surface area contributed by atoms with E-state index in [-0.39, 0.29) is 11.6 Å². The fourth-order valence-electron chi connectivity index (χ4n) is 2.64. The average Bonchev–Trinajstić information content (AvgIpc) is 3.23. The fourth-order valence-corrected chi connectivity index (χ4v) is 3.72. The number of nitrogens with one attached hydrogen (secondary N) is 2. The molecule has 1 atom stereocenters. The summed E-state index contributed by atoms with van der Waals surface area (Å²) in [5.74, 6) is 0.677. The summed E-state index contributed by atoms with van der Waals surface area (Å²) >= 11 is 7.45. The highest BCUT2D eigenvalue weighted by molar-refractivity contribution is 7.17. The van der Waals surface area contributed by atoms with Gasteiger partial charge in [-0.2, -0.15) is 4.68 Å². The van der Waals surface area contributed by atoms with Crippen LogP contribution >= 0.6 is 22.9 Å². The zero-order valence-electron chi connectivity index (χ0n) is 13.9. The van der Waals surface area contributed by atoms with Crippen molar-refractivity contribution in [3.8, 4) is 5.00 Å². The maximum absolute atomic E-state index is 12.4. The summed E-state index contributed by atoms with van der Waals surface area (Å²) in [6.07, 6.45) is 1.69. The van der Waals surface area contributed by atoms with Gasteiger partial charge in [-0.1, -0.05) is 22.9 Å². The van der Waals surface area contributed by atoms with Gasteiger partial charge in [0.2, 0.25) is 0 Å². The van der Waals surface area contributed by atoms with E-state index >= 15 is 0 Å². The van der Waals surface area contributed by atoms with Crippen LogP contribution in [0.2, 0.25) is 5.02 Å². The third-order valence-electron chi connectivity index (χ3n) is 3.97. The molecule has 4 rings (SSSR count). The lowest BCUT2D eigenvalue weighted by Gasteiger charge is -2.13. The number of hydrogen-bond donors (Lipinski definition) is 2. The molecule has 0 saturated carbocycles. The zero-order chi connectivity index (χ0) is 18.3. The van der Waals surface area contributed by atoms with Crippen molar-refractivity contribution in [1.82, 2.24) is 30.2 Å². The molecular weight excluding hydrogens is 374 g/mol. The van der Waals surface area contributed by atoms with Crippen molar-refractivity contribution in [1.29, 1.82) is 0 Å². The van der Waals surface area contributed by atoms with Gasteiger partial charge in [0.05, 0.1) is 12.2 Å². The molecular formula is C16H14ClN7OS. The first-order valence-electron chi connectivity index (χ1n) is 7.81. The molecule has 10 heteroatoms. The average molecular weight is 388 g/mol. The number of aryl methyl sites for hydroxylation is 1. The van der Waals surface area contributed by atoms with E-state index in [9.17, 15) is 4.79 Å². The van der Waals surface area contributed by atoms with Crippen molar-refractivity contribution in [2.45, 2.75) is 19.9 Å². The highest BCUT2D eigenvalue weighted by Gasteiger charge is 2.14. The summed E-state index contributed by atoms with van der Waals surface area (Å²) in [5, 5.41) is 17.6. The molecule has 0 fully saturated rings. The molecule has 0 amide bonds. The SMILES string of the molecule is Cc1nnnn1-c1cnc(N[C@H](C)c2cc3cc(Cl)ccc3[nH]c2=O)s1. The Labute approximate surface area is 156 Å². The first kappa shape index (κ1) is 16.7. The number of benzene rings is 1. The topological polar surface area (TPSA) is 101 Å². The van der Waals surface area contributed by atoms with Gasteiger partial charge in [0.15, 0.2) is 11.0 Å². The number of hydrogen-bond acceptors (Lipinski definition) is 7. The van der Waals surface area contributed by atoms with Gasteiger partial charge in [0, 0.05) is 21.5 Å². The number of aromatic amines is 1. The largest absolute Gasteiger partial charge is 0.355 e. The Hall–Kier alpha value is -2.78. The maximum Gasteiger partial charge on any atom is 0.253 e. The highest BCUT2D eigenvalue weighted by atomic mass is 35.5. The Kier molecular flexibility index (Phi) is 4.17. The second-order valence-electron chi connectivity index (χ2n) is 5.79. The number of halogens is 1. The summed E-state index contributed by atoms with van der Waals surface area (Å²) in [6.45, 7) is 3.72. The van der Waals surface area contributed by atoms with E-state index in [2.05, 4.69) is 30.8 Å². The van der Waals surface area contributed by atoms with E-state index in [0.29, 0.717) is 21.5 Å². The minimum atomic E-state index is -0.240. The van der Waals surface area contributed by atoms with Gasteiger partial charge in [-0.3, -0.25) is 4.79 Å². The predicted octanol–water partition coefficient (Wildman–Crippen LogP) is 3.10. The zero-order valence-corrected chi connectivity index (χ0v) is 15.5. The molecule has 0 aliphatic heterocycles. The molecule has 3 heterocycles. The summed E-state index contributed by atoms with van der Waals surface area (Å²) in [6, 6.07) is 6.97. The van der Waals surface area contributed by atoms with Crippen LogP contribution in [0.5, 0.6) is 0 Å². The maximum atomic E-state index is 12.4. The van der Waals surface area contributed by atoms with E-state index in [0.717, 1.165) is 15.9 Å². The predicted molar refractivity (Wildman–Crippen MR) is 101 cm³/mol. The van der Waals surface area contributed by atoms with Crippen molar-refractivity contribution >= 4 is 39.0 Å². The van der Waals surface area contributed by atoms with Crippen molar-refractivity contribution in [2.24, 2.45) is 0 Å². The number of rotatable bonds is 4.